The van der Waals surface area contributed by atoms with Gasteiger partial charge in [0.05, 0.1) is 0 Å². The Labute approximate surface area is 139 Å². The molecule has 0 unspecified atom stereocenters. The van der Waals surface area contributed by atoms with Crippen molar-refractivity contribution in [1.82, 2.24) is 0 Å². The standard InChI is InChI=1S/C22H26O/c1-15-6-8-16(9-7-15)20(23)17-10-11-18-19(14-17)22(4,5)13-12-21(18,2)3/h6-11,14H,12-13H2,1-5H3. The van der Waals surface area contributed by atoms with Gasteiger partial charge in [-0.25, -0.2) is 0 Å². The molecule has 0 bridgehead atoms. The molecule has 3 rings (SSSR count). The second kappa shape index (κ2) is 5.33. The minimum atomic E-state index is 0.118. The maximum atomic E-state index is 12.8. The molecule has 1 heteroatoms. The maximum absolute atomic E-state index is 12.8. The smallest absolute Gasteiger partial charge is 0.193 e. The minimum absolute atomic E-state index is 0.118. The molecule has 0 amide bonds. The number of hydrogen-bond donors (Lipinski definition) is 0. The molecule has 23 heavy (non-hydrogen) atoms. The quantitative estimate of drug-likeness (QED) is 0.662. The molecular formula is C22H26O. The van der Waals surface area contributed by atoms with E-state index in [4.69, 9.17) is 0 Å². The molecule has 0 fully saturated rings. The van der Waals surface area contributed by atoms with Crippen molar-refractivity contribution < 1.29 is 4.79 Å². The van der Waals surface area contributed by atoms with Crippen molar-refractivity contribution in [3.8, 4) is 0 Å². The Bertz CT molecular complexity index is 748. The second-order valence-electron chi connectivity index (χ2n) is 8.22. The summed E-state index contributed by atoms with van der Waals surface area (Å²) in [6.07, 6.45) is 2.35. The van der Waals surface area contributed by atoms with Gasteiger partial charge >= 0.3 is 0 Å². The van der Waals surface area contributed by atoms with Gasteiger partial charge in [-0.3, -0.25) is 4.79 Å². The van der Waals surface area contributed by atoms with Gasteiger partial charge in [0.25, 0.3) is 0 Å². The van der Waals surface area contributed by atoms with Crippen LogP contribution in [0.1, 0.15) is 73.1 Å². The molecule has 0 saturated heterocycles. The Morgan fingerprint density at radius 3 is 1.91 bits per heavy atom. The van der Waals surface area contributed by atoms with Crippen LogP contribution < -0.4 is 0 Å². The summed E-state index contributed by atoms with van der Waals surface area (Å²) < 4.78 is 0. The summed E-state index contributed by atoms with van der Waals surface area (Å²) in [7, 11) is 0. The summed E-state index contributed by atoms with van der Waals surface area (Å²) in [5, 5.41) is 0. The zero-order chi connectivity index (χ0) is 16.8. The first-order chi connectivity index (χ1) is 10.7. The second-order valence-corrected chi connectivity index (χ2v) is 8.22. The van der Waals surface area contributed by atoms with E-state index in [-0.39, 0.29) is 16.6 Å². The van der Waals surface area contributed by atoms with Gasteiger partial charge in [0.2, 0.25) is 0 Å². The highest BCUT2D eigenvalue weighted by Gasteiger charge is 2.37. The van der Waals surface area contributed by atoms with E-state index in [1.165, 1.54) is 23.1 Å². The maximum Gasteiger partial charge on any atom is 0.193 e. The molecule has 0 radical (unpaired) electrons. The summed E-state index contributed by atoms with van der Waals surface area (Å²) in [5.74, 6) is 0.118. The van der Waals surface area contributed by atoms with E-state index in [0.29, 0.717) is 0 Å². The van der Waals surface area contributed by atoms with Gasteiger partial charge in [-0.05, 0) is 47.8 Å². The first kappa shape index (κ1) is 16.0. The van der Waals surface area contributed by atoms with E-state index in [0.717, 1.165) is 17.5 Å². The number of benzene rings is 2. The van der Waals surface area contributed by atoms with E-state index < -0.39 is 0 Å². The van der Waals surface area contributed by atoms with Crippen molar-refractivity contribution in [2.75, 3.05) is 0 Å². The van der Waals surface area contributed by atoms with Gasteiger partial charge < -0.3 is 0 Å². The Morgan fingerprint density at radius 1 is 0.783 bits per heavy atom. The van der Waals surface area contributed by atoms with Crippen molar-refractivity contribution in [1.29, 1.82) is 0 Å². The summed E-state index contributed by atoms with van der Waals surface area (Å²) in [5.41, 5.74) is 5.81. The van der Waals surface area contributed by atoms with Gasteiger partial charge in [-0.1, -0.05) is 69.7 Å². The van der Waals surface area contributed by atoms with Gasteiger partial charge in [-0.15, -0.1) is 0 Å². The average molecular weight is 306 g/mol. The monoisotopic (exact) mass is 306 g/mol. The summed E-state index contributed by atoms with van der Waals surface area (Å²) in [6.45, 7) is 11.2. The highest BCUT2D eigenvalue weighted by atomic mass is 16.1. The predicted octanol–water partition coefficient (Wildman–Crippen LogP) is 5.58. The van der Waals surface area contributed by atoms with Crippen molar-refractivity contribution in [2.24, 2.45) is 0 Å². The molecule has 1 aliphatic rings. The van der Waals surface area contributed by atoms with E-state index in [1.54, 1.807) is 0 Å². The summed E-state index contributed by atoms with van der Waals surface area (Å²) in [6, 6.07) is 14.2. The van der Waals surface area contributed by atoms with Crippen LogP contribution in [0.3, 0.4) is 0 Å². The third-order valence-corrected chi connectivity index (χ3v) is 5.43. The summed E-state index contributed by atoms with van der Waals surface area (Å²) >= 11 is 0. The van der Waals surface area contributed by atoms with Crippen molar-refractivity contribution >= 4 is 5.78 Å². The average Bonchev–Trinajstić information content (AvgIpc) is 2.52. The zero-order valence-corrected chi connectivity index (χ0v) is 14.9. The molecule has 1 aliphatic carbocycles. The number of rotatable bonds is 2. The van der Waals surface area contributed by atoms with Crippen LogP contribution in [0.2, 0.25) is 0 Å². The molecule has 0 heterocycles. The zero-order valence-electron chi connectivity index (χ0n) is 14.9. The lowest BCUT2D eigenvalue weighted by atomic mass is 9.63. The SMILES string of the molecule is Cc1ccc(C(=O)c2ccc3c(c2)C(C)(C)CCC3(C)C)cc1. The van der Waals surface area contributed by atoms with Crippen molar-refractivity contribution in [3.63, 3.8) is 0 Å². The Hall–Kier alpha value is -1.89. The fourth-order valence-corrected chi connectivity index (χ4v) is 3.60. The molecule has 0 spiro atoms. The molecule has 120 valence electrons. The Kier molecular flexibility index (Phi) is 3.71. The third-order valence-electron chi connectivity index (χ3n) is 5.43. The fourth-order valence-electron chi connectivity index (χ4n) is 3.60. The molecule has 2 aromatic rings. The van der Waals surface area contributed by atoms with E-state index in [2.05, 4.69) is 39.8 Å². The van der Waals surface area contributed by atoms with Crippen LogP contribution >= 0.6 is 0 Å². The third kappa shape index (κ3) is 2.85. The Balaban J connectivity index is 2.06. The molecule has 2 aromatic carbocycles. The van der Waals surface area contributed by atoms with Gasteiger partial charge in [0, 0.05) is 11.1 Å². The number of aryl methyl sites for hydroxylation is 1. The molecule has 0 atom stereocenters. The largest absolute Gasteiger partial charge is 0.289 e. The van der Waals surface area contributed by atoms with E-state index in [1.807, 2.05) is 37.3 Å². The molecule has 0 aromatic heterocycles. The van der Waals surface area contributed by atoms with Crippen LogP contribution in [0, 0.1) is 6.92 Å². The lowest BCUT2D eigenvalue weighted by Crippen LogP contribution is -2.34. The molecule has 1 nitrogen and oxygen atoms in total. The lowest BCUT2D eigenvalue weighted by molar-refractivity contribution is 0.103. The molecule has 0 saturated carbocycles. The van der Waals surface area contributed by atoms with Crippen LogP contribution in [0.4, 0.5) is 0 Å². The number of hydrogen-bond acceptors (Lipinski definition) is 1. The normalized spacial score (nSPS) is 18.3. The molecule has 0 N–H and O–H groups in total. The van der Waals surface area contributed by atoms with Crippen LogP contribution in [-0.4, -0.2) is 5.78 Å². The van der Waals surface area contributed by atoms with Crippen molar-refractivity contribution in [3.05, 3.63) is 70.3 Å². The highest BCUT2D eigenvalue weighted by molar-refractivity contribution is 6.09. The number of ketones is 1. The van der Waals surface area contributed by atoms with Gasteiger partial charge in [-0.2, -0.15) is 0 Å². The highest BCUT2D eigenvalue weighted by Crippen LogP contribution is 2.46. The van der Waals surface area contributed by atoms with Crippen LogP contribution in [0.25, 0.3) is 0 Å². The minimum Gasteiger partial charge on any atom is -0.289 e. The van der Waals surface area contributed by atoms with Gasteiger partial charge in [0.1, 0.15) is 0 Å². The fraction of sp³-hybridized carbons (Fsp3) is 0.409. The van der Waals surface area contributed by atoms with Crippen LogP contribution in [-0.2, 0) is 10.8 Å². The molecule has 0 aliphatic heterocycles. The topological polar surface area (TPSA) is 17.1 Å². The number of fused-ring (bicyclic) bond motifs is 1. The van der Waals surface area contributed by atoms with Crippen LogP contribution in [0.15, 0.2) is 42.5 Å². The Morgan fingerprint density at radius 2 is 1.30 bits per heavy atom. The van der Waals surface area contributed by atoms with Gasteiger partial charge in [0.15, 0.2) is 5.78 Å². The summed E-state index contributed by atoms with van der Waals surface area (Å²) in [4.78, 5) is 12.8. The first-order valence-electron chi connectivity index (χ1n) is 8.47. The number of carbonyl (C=O) groups excluding carboxylic acids is 1. The molecular weight excluding hydrogens is 280 g/mol. The van der Waals surface area contributed by atoms with E-state index in [9.17, 15) is 4.79 Å². The first-order valence-corrected chi connectivity index (χ1v) is 8.47. The van der Waals surface area contributed by atoms with Crippen LogP contribution in [0.5, 0.6) is 0 Å². The number of carbonyl (C=O) groups is 1. The van der Waals surface area contributed by atoms with E-state index >= 15 is 0 Å². The lowest BCUT2D eigenvalue weighted by Gasteiger charge is -2.42. The van der Waals surface area contributed by atoms with Crippen molar-refractivity contribution in [2.45, 2.75) is 58.3 Å². The predicted molar refractivity (Wildman–Crippen MR) is 96.3 cm³/mol.